The quantitative estimate of drug-likeness (QED) is 0.666. The van der Waals surface area contributed by atoms with Crippen LogP contribution in [0.1, 0.15) is 18.1 Å². The van der Waals surface area contributed by atoms with E-state index in [-0.39, 0.29) is 0 Å². The fourth-order valence-electron chi connectivity index (χ4n) is 2.48. The van der Waals surface area contributed by atoms with Crippen LogP contribution in [0, 0.1) is 13.8 Å². The summed E-state index contributed by atoms with van der Waals surface area (Å²) < 4.78 is 5.64. The summed E-state index contributed by atoms with van der Waals surface area (Å²) in [5.41, 5.74) is 4.30. The van der Waals surface area contributed by atoms with Crippen LogP contribution in [0.5, 0.6) is 5.75 Å². The maximum Gasteiger partial charge on any atom is 0.229 e. The maximum atomic E-state index is 5.64. The van der Waals surface area contributed by atoms with Crippen LogP contribution in [0.2, 0.25) is 0 Å². The minimum Gasteiger partial charge on any atom is -0.492 e. The van der Waals surface area contributed by atoms with Crippen molar-refractivity contribution in [2.75, 3.05) is 17.2 Å². The fourth-order valence-corrected chi connectivity index (χ4v) is 2.48. The van der Waals surface area contributed by atoms with Gasteiger partial charge in [-0.25, -0.2) is 4.98 Å². The second-order valence-corrected chi connectivity index (χ2v) is 5.69. The lowest BCUT2D eigenvalue weighted by Gasteiger charge is -2.13. The summed E-state index contributed by atoms with van der Waals surface area (Å²) in [6, 6.07) is 15.8. The van der Waals surface area contributed by atoms with E-state index in [0.717, 1.165) is 17.1 Å². The van der Waals surface area contributed by atoms with Crippen molar-refractivity contribution in [3.05, 3.63) is 65.9 Å². The SMILES string of the molecule is CCOc1ccccc1Nc1ccnc(Nc2cccc(C)c2C)n1. The number of aryl methyl sites for hydroxylation is 1. The van der Waals surface area contributed by atoms with Gasteiger partial charge in [0.2, 0.25) is 5.95 Å². The van der Waals surface area contributed by atoms with Crippen molar-refractivity contribution < 1.29 is 4.74 Å². The average Bonchev–Trinajstić information content (AvgIpc) is 2.61. The van der Waals surface area contributed by atoms with Gasteiger partial charge in [-0.1, -0.05) is 24.3 Å². The smallest absolute Gasteiger partial charge is 0.229 e. The van der Waals surface area contributed by atoms with Crippen LogP contribution in [0.3, 0.4) is 0 Å². The highest BCUT2D eigenvalue weighted by atomic mass is 16.5. The highest BCUT2D eigenvalue weighted by molar-refractivity contribution is 5.66. The number of rotatable bonds is 6. The molecule has 0 aliphatic heterocycles. The van der Waals surface area contributed by atoms with E-state index in [1.54, 1.807) is 6.20 Å². The zero-order chi connectivity index (χ0) is 17.6. The summed E-state index contributed by atoms with van der Waals surface area (Å²) in [5, 5.41) is 6.58. The molecule has 128 valence electrons. The number of ether oxygens (including phenoxy) is 1. The van der Waals surface area contributed by atoms with Crippen LogP contribution >= 0.6 is 0 Å². The lowest BCUT2D eigenvalue weighted by atomic mass is 10.1. The second kappa shape index (κ2) is 7.66. The van der Waals surface area contributed by atoms with E-state index in [0.29, 0.717) is 18.4 Å². The van der Waals surface area contributed by atoms with Crippen LogP contribution in [0.15, 0.2) is 54.7 Å². The molecule has 0 atom stereocenters. The van der Waals surface area contributed by atoms with Crippen LogP contribution in [0.4, 0.5) is 23.1 Å². The van der Waals surface area contributed by atoms with E-state index < -0.39 is 0 Å². The molecule has 0 amide bonds. The van der Waals surface area contributed by atoms with Crippen LogP contribution in [-0.4, -0.2) is 16.6 Å². The van der Waals surface area contributed by atoms with E-state index >= 15 is 0 Å². The zero-order valence-electron chi connectivity index (χ0n) is 14.7. The Morgan fingerprint density at radius 1 is 0.920 bits per heavy atom. The Hall–Kier alpha value is -3.08. The number of nitrogens with zero attached hydrogens (tertiary/aromatic N) is 2. The van der Waals surface area contributed by atoms with E-state index in [4.69, 9.17) is 4.74 Å². The first kappa shape index (κ1) is 16.8. The van der Waals surface area contributed by atoms with Crippen molar-refractivity contribution in [1.29, 1.82) is 0 Å². The van der Waals surface area contributed by atoms with E-state index in [1.165, 1.54) is 11.1 Å². The Bertz CT molecular complexity index is 864. The topological polar surface area (TPSA) is 59.1 Å². The predicted molar refractivity (Wildman–Crippen MR) is 102 cm³/mol. The van der Waals surface area contributed by atoms with E-state index in [1.807, 2.05) is 49.4 Å². The summed E-state index contributed by atoms with van der Waals surface area (Å²) in [6.45, 7) is 6.75. The minimum absolute atomic E-state index is 0.549. The van der Waals surface area contributed by atoms with Crippen LogP contribution in [-0.2, 0) is 0 Å². The lowest BCUT2D eigenvalue weighted by Crippen LogP contribution is -2.03. The molecule has 3 rings (SSSR count). The molecule has 1 aromatic heterocycles. The standard InChI is InChI=1S/C20H22N4O/c1-4-25-18-11-6-5-9-17(18)22-19-12-13-21-20(24-19)23-16-10-7-8-14(2)15(16)3/h5-13H,4H2,1-3H3,(H2,21,22,23,24). The van der Waals surface area contributed by atoms with Crippen molar-refractivity contribution in [3.63, 3.8) is 0 Å². The Labute approximate surface area is 148 Å². The van der Waals surface area contributed by atoms with Crippen molar-refractivity contribution >= 4 is 23.1 Å². The highest BCUT2D eigenvalue weighted by Crippen LogP contribution is 2.27. The van der Waals surface area contributed by atoms with Crippen LogP contribution < -0.4 is 15.4 Å². The average molecular weight is 334 g/mol. The number of benzene rings is 2. The molecule has 0 aliphatic rings. The van der Waals surface area contributed by atoms with Gasteiger partial charge in [-0.15, -0.1) is 0 Å². The Balaban J connectivity index is 1.81. The predicted octanol–water partition coefficient (Wildman–Crippen LogP) is 4.98. The van der Waals surface area contributed by atoms with Crippen molar-refractivity contribution in [2.24, 2.45) is 0 Å². The number of aromatic nitrogens is 2. The molecule has 0 saturated carbocycles. The number of para-hydroxylation sites is 2. The molecule has 25 heavy (non-hydrogen) atoms. The number of anilines is 4. The van der Waals surface area contributed by atoms with Crippen molar-refractivity contribution in [3.8, 4) is 5.75 Å². The molecule has 2 aromatic carbocycles. The summed E-state index contributed by atoms with van der Waals surface area (Å²) >= 11 is 0. The van der Waals surface area contributed by atoms with Gasteiger partial charge in [0.25, 0.3) is 0 Å². The van der Waals surface area contributed by atoms with Gasteiger partial charge >= 0.3 is 0 Å². The zero-order valence-corrected chi connectivity index (χ0v) is 14.7. The van der Waals surface area contributed by atoms with E-state index in [9.17, 15) is 0 Å². The summed E-state index contributed by atoms with van der Waals surface area (Å²) in [7, 11) is 0. The first-order valence-corrected chi connectivity index (χ1v) is 8.32. The second-order valence-electron chi connectivity index (χ2n) is 5.69. The van der Waals surface area contributed by atoms with Crippen LogP contribution in [0.25, 0.3) is 0 Å². The van der Waals surface area contributed by atoms with Gasteiger partial charge in [-0.05, 0) is 56.2 Å². The van der Waals surface area contributed by atoms with Gasteiger partial charge in [0, 0.05) is 11.9 Å². The van der Waals surface area contributed by atoms with Crippen molar-refractivity contribution in [1.82, 2.24) is 9.97 Å². The summed E-state index contributed by atoms with van der Waals surface area (Å²) in [6.07, 6.45) is 1.73. The summed E-state index contributed by atoms with van der Waals surface area (Å²) in [5.74, 6) is 2.05. The fraction of sp³-hybridized carbons (Fsp3) is 0.200. The van der Waals surface area contributed by atoms with Gasteiger partial charge in [-0.2, -0.15) is 4.98 Å². The molecule has 2 N–H and O–H groups in total. The molecular weight excluding hydrogens is 312 g/mol. The molecule has 0 bridgehead atoms. The first-order valence-electron chi connectivity index (χ1n) is 8.32. The minimum atomic E-state index is 0.549. The largest absolute Gasteiger partial charge is 0.492 e. The van der Waals surface area contributed by atoms with Gasteiger partial charge in [0.05, 0.1) is 12.3 Å². The number of hydrogen-bond acceptors (Lipinski definition) is 5. The van der Waals surface area contributed by atoms with Gasteiger partial charge < -0.3 is 15.4 Å². The maximum absolute atomic E-state index is 5.64. The Morgan fingerprint density at radius 3 is 2.56 bits per heavy atom. The normalized spacial score (nSPS) is 10.4. The molecule has 3 aromatic rings. The molecule has 0 aliphatic carbocycles. The molecule has 0 saturated heterocycles. The Kier molecular flexibility index (Phi) is 5.14. The lowest BCUT2D eigenvalue weighted by molar-refractivity contribution is 0.342. The molecular formula is C20H22N4O. The third-order valence-corrected chi connectivity index (χ3v) is 3.96. The van der Waals surface area contributed by atoms with Gasteiger partial charge in [-0.3, -0.25) is 0 Å². The highest BCUT2D eigenvalue weighted by Gasteiger charge is 2.06. The molecule has 5 nitrogen and oxygen atoms in total. The van der Waals surface area contributed by atoms with Crippen molar-refractivity contribution in [2.45, 2.75) is 20.8 Å². The van der Waals surface area contributed by atoms with Gasteiger partial charge in [0.15, 0.2) is 0 Å². The molecule has 5 heteroatoms. The molecule has 0 spiro atoms. The first-order chi connectivity index (χ1) is 12.2. The Morgan fingerprint density at radius 2 is 1.72 bits per heavy atom. The summed E-state index contributed by atoms with van der Waals surface area (Å²) in [4.78, 5) is 8.86. The van der Waals surface area contributed by atoms with Gasteiger partial charge in [0.1, 0.15) is 11.6 Å². The molecule has 0 unspecified atom stereocenters. The number of hydrogen-bond donors (Lipinski definition) is 2. The third kappa shape index (κ3) is 4.07. The molecule has 0 fully saturated rings. The molecule has 0 radical (unpaired) electrons. The molecule has 1 heterocycles. The monoisotopic (exact) mass is 334 g/mol. The third-order valence-electron chi connectivity index (χ3n) is 3.96. The number of nitrogens with one attached hydrogen (secondary N) is 2. The van der Waals surface area contributed by atoms with E-state index in [2.05, 4.69) is 40.5 Å².